The van der Waals surface area contributed by atoms with E-state index in [2.05, 4.69) is 29.1 Å². The summed E-state index contributed by atoms with van der Waals surface area (Å²) in [6, 6.07) is 7.81. The van der Waals surface area contributed by atoms with Gasteiger partial charge in [0.25, 0.3) is 0 Å². The van der Waals surface area contributed by atoms with E-state index in [9.17, 15) is 0 Å². The Hall–Kier alpha value is -1.61. The van der Waals surface area contributed by atoms with Gasteiger partial charge in [-0.15, -0.1) is 0 Å². The normalized spacial score (nSPS) is 10.9. The van der Waals surface area contributed by atoms with E-state index in [1.54, 1.807) is 0 Å². The first-order valence-corrected chi connectivity index (χ1v) is 7.18. The van der Waals surface area contributed by atoms with Gasteiger partial charge in [0.2, 0.25) is 0 Å². The second kappa shape index (κ2) is 6.23. The molecule has 1 heterocycles. The van der Waals surface area contributed by atoms with Crippen molar-refractivity contribution < 1.29 is 0 Å². The smallest absolute Gasteiger partial charge is 0.135 e. The minimum Gasteiger partial charge on any atom is -0.373 e. The third-order valence-electron chi connectivity index (χ3n) is 3.27. The monoisotopic (exact) mass is 289 g/mol. The molecule has 0 aliphatic carbocycles. The lowest BCUT2D eigenvalue weighted by Crippen LogP contribution is -2.09. The number of anilines is 1. The first-order valence-electron chi connectivity index (χ1n) is 6.81. The van der Waals surface area contributed by atoms with Crippen molar-refractivity contribution in [1.82, 2.24) is 9.97 Å². The average Bonchev–Trinajstić information content (AvgIpc) is 2.40. The molecular formula is C16H20ClN3. The lowest BCUT2D eigenvalue weighted by molar-refractivity contribution is 0.814. The highest BCUT2D eigenvalue weighted by atomic mass is 35.5. The Morgan fingerprint density at radius 1 is 1.15 bits per heavy atom. The van der Waals surface area contributed by atoms with Crippen LogP contribution in [-0.2, 0) is 6.42 Å². The van der Waals surface area contributed by atoms with E-state index in [1.807, 2.05) is 38.2 Å². The number of hydrogen-bond acceptors (Lipinski definition) is 3. The number of rotatable bonds is 4. The Kier molecular flexibility index (Phi) is 4.61. The van der Waals surface area contributed by atoms with Crippen LogP contribution in [0.15, 0.2) is 24.3 Å². The van der Waals surface area contributed by atoms with Gasteiger partial charge in [-0.25, -0.2) is 9.97 Å². The van der Waals surface area contributed by atoms with E-state index >= 15 is 0 Å². The molecule has 0 atom stereocenters. The van der Waals surface area contributed by atoms with Crippen LogP contribution in [0.4, 0.5) is 5.82 Å². The first kappa shape index (κ1) is 14.8. The van der Waals surface area contributed by atoms with Gasteiger partial charge in [-0.05, 0) is 30.5 Å². The third-order valence-corrected chi connectivity index (χ3v) is 3.52. The summed E-state index contributed by atoms with van der Waals surface area (Å²) >= 11 is 5.90. The minimum atomic E-state index is 0.405. The van der Waals surface area contributed by atoms with Crippen LogP contribution < -0.4 is 5.32 Å². The van der Waals surface area contributed by atoms with Crippen molar-refractivity contribution in [2.24, 2.45) is 0 Å². The molecule has 0 aliphatic heterocycles. The van der Waals surface area contributed by atoms with Crippen molar-refractivity contribution in [2.75, 3.05) is 12.4 Å². The van der Waals surface area contributed by atoms with Crippen LogP contribution in [0.3, 0.4) is 0 Å². The molecule has 0 unspecified atom stereocenters. The average molecular weight is 290 g/mol. The summed E-state index contributed by atoms with van der Waals surface area (Å²) in [7, 11) is 1.90. The Bertz CT molecular complexity index is 591. The van der Waals surface area contributed by atoms with Crippen LogP contribution in [0.1, 0.15) is 42.4 Å². The molecule has 0 bridgehead atoms. The molecule has 1 aromatic heterocycles. The predicted molar refractivity (Wildman–Crippen MR) is 84.7 cm³/mol. The van der Waals surface area contributed by atoms with Crippen molar-refractivity contribution in [3.05, 3.63) is 51.9 Å². The van der Waals surface area contributed by atoms with E-state index in [0.717, 1.165) is 27.9 Å². The molecule has 3 nitrogen and oxygen atoms in total. The standard InChI is InChI=1S/C16H20ClN3/c1-10(2)15-11(3)19-14(20-16(15)18-4)9-12-5-7-13(17)8-6-12/h5-8,10H,9H2,1-4H3,(H,18,19,20). The molecule has 20 heavy (non-hydrogen) atoms. The zero-order valence-electron chi connectivity index (χ0n) is 12.4. The van der Waals surface area contributed by atoms with E-state index in [1.165, 1.54) is 5.56 Å². The molecule has 0 radical (unpaired) electrons. The Balaban J connectivity index is 2.33. The molecule has 1 N–H and O–H groups in total. The Labute approximate surface area is 125 Å². The maximum absolute atomic E-state index is 5.90. The SMILES string of the molecule is CNc1nc(Cc2ccc(Cl)cc2)nc(C)c1C(C)C. The second-order valence-corrected chi connectivity index (χ2v) is 5.63. The fraction of sp³-hybridized carbons (Fsp3) is 0.375. The van der Waals surface area contributed by atoms with Gasteiger partial charge in [-0.2, -0.15) is 0 Å². The van der Waals surface area contributed by atoms with Gasteiger partial charge < -0.3 is 5.32 Å². The molecule has 0 fully saturated rings. The molecular weight excluding hydrogens is 270 g/mol. The quantitative estimate of drug-likeness (QED) is 0.917. The van der Waals surface area contributed by atoms with E-state index < -0.39 is 0 Å². The van der Waals surface area contributed by atoms with Crippen LogP contribution in [0.5, 0.6) is 0 Å². The number of nitrogens with one attached hydrogen (secondary N) is 1. The lowest BCUT2D eigenvalue weighted by atomic mass is 10.0. The van der Waals surface area contributed by atoms with Gasteiger partial charge in [0.15, 0.2) is 0 Å². The number of hydrogen-bond donors (Lipinski definition) is 1. The predicted octanol–water partition coefficient (Wildman–Crippen LogP) is 4.19. The van der Waals surface area contributed by atoms with Gasteiger partial charge in [-0.1, -0.05) is 37.6 Å². The molecule has 2 aromatic rings. The van der Waals surface area contributed by atoms with Crippen LogP contribution >= 0.6 is 11.6 Å². The molecule has 0 saturated carbocycles. The number of nitrogens with zero attached hydrogens (tertiary/aromatic N) is 2. The summed E-state index contributed by atoms with van der Waals surface area (Å²) in [5, 5.41) is 3.93. The molecule has 1 aromatic carbocycles. The van der Waals surface area contributed by atoms with Crippen molar-refractivity contribution in [3.63, 3.8) is 0 Å². The van der Waals surface area contributed by atoms with Crippen molar-refractivity contribution in [3.8, 4) is 0 Å². The van der Waals surface area contributed by atoms with Gasteiger partial charge in [0.1, 0.15) is 11.6 Å². The minimum absolute atomic E-state index is 0.405. The van der Waals surface area contributed by atoms with Crippen molar-refractivity contribution >= 4 is 17.4 Å². The number of halogens is 1. The number of aromatic nitrogens is 2. The summed E-state index contributed by atoms with van der Waals surface area (Å²) in [5.41, 5.74) is 3.39. The molecule has 0 aliphatic rings. The first-order chi connectivity index (χ1) is 9.51. The largest absolute Gasteiger partial charge is 0.373 e. The number of benzene rings is 1. The van der Waals surface area contributed by atoms with Gasteiger partial charge in [-0.3, -0.25) is 0 Å². The van der Waals surface area contributed by atoms with Gasteiger partial charge in [0, 0.05) is 29.7 Å². The lowest BCUT2D eigenvalue weighted by Gasteiger charge is -2.15. The van der Waals surface area contributed by atoms with Crippen molar-refractivity contribution in [2.45, 2.75) is 33.1 Å². The zero-order valence-corrected chi connectivity index (χ0v) is 13.1. The fourth-order valence-electron chi connectivity index (χ4n) is 2.39. The fourth-order valence-corrected chi connectivity index (χ4v) is 2.51. The summed E-state index contributed by atoms with van der Waals surface area (Å²) in [6.07, 6.45) is 0.713. The van der Waals surface area contributed by atoms with E-state index in [-0.39, 0.29) is 0 Å². The van der Waals surface area contributed by atoms with Crippen LogP contribution in [0, 0.1) is 6.92 Å². The Morgan fingerprint density at radius 2 is 1.80 bits per heavy atom. The summed E-state index contributed by atoms with van der Waals surface area (Å²) in [5.74, 6) is 2.16. The topological polar surface area (TPSA) is 37.8 Å². The maximum Gasteiger partial charge on any atom is 0.135 e. The second-order valence-electron chi connectivity index (χ2n) is 5.20. The summed E-state index contributed by atoms with van der Waals surface area (Å²) in [4.78, 5) is 9.27. The molecule has 106 valence electrons. The molecule has 4 heteroatoms. The zero-order chi connectivity index (χ0) is 14.7. The Morgan fingerprint density at radius 3 is 2.35 bits per heavy atom. The van der Waals surface area contributed by atoms with Crippen LogP contribution in [0.2, 0.25) is 5.02 Å². The van der Waals surface area contributed by atoms with E-state index in [4.69, 9.17) is 11.6 Å². The van der Waals surface area contributed by atoms with Gasteiger partial charge >= 0.3 is 0 Å². The van der Waals surface area contributed by atoms with Crippen molar-refractivity contribution in [1.29, 1.82) is 0 Å². The van der Waals surface area contributed by atoms with Crippen LogP contribution in [-0.4, -0.2) is 17.0 Å². The molecule has 2 rings (SSSR count). The molecule has 0 saturated heterocycles. The third kappa shape index (κ3) is 3.28. The van der Waals surface area contributed by atoms with Gasteiger partial charge in [0.05, 0.1) is 0 Å². The highest BCUT2D eigenvalue weighted by molar-refractivity contribution is 6.30. The highest BCUT2D eigenvalue weighted by Crippen LogP contribution is 2.25. The molecule has 0 amide bonds. The number of aryl methyl sites for hydroxylation is 1. The molecule has 0 spiro atoms. The maximum atomic E-state index is 5.90. The summed E-state index contributed by atoms with van der Waals surface area (Å²) in [6.45, 7) is 6.36. The van der Waals surface area contributed by atoms with E-state index in [0.29, 0.717) is 12.3 Å². The van der Waals surface area contributed by atoms with Crippen LogP contribution in [0.25, 0.3) is 0 Å². The highest BCUT2D eigenvalue weighted by Gasteiger charge is 2.13. The summed E-state index contributed by atoms with van der Waals surface area (Å²) < 4.78 is 0.